The van der Waals surface area contributed by atoms with Crippen LogP contribution in [0.3, 0.4) is 0 Å². The molecule has 0 bridgehead atoms. The number of nitrogens with zero attached hydrogens (tertiary/aromatic N) is 1. The maximum atomic E-state index is 3.06. The van der Waals surface area contributed by atoms with E-state index in [0.717, 1.165) is 6.54 Å². The van der Waals surface area contributed by atoms with Gasteiger partial charge in [-0.2, -0.15) is 0 Å². The maximum absolute atomic E-state index is 3.06. The summed E-state index contributed by atoms with van der Waals surface area (Å²) in [5, 5.41) is 0. The molecule has 0 saturated carbocycles. The number of hydrogen-bond donors (Lipinski definition) is 0. The quantitative estimate of drug-likeness (QED) is 0.434. The van der Waals surface area contributed by atoms with Gasteiger partial charge in [-0.05, 0) is 26.9 Å². The molecule has 12 heavy (non-hydrogen) atoms. The van der Waals surface area contributed by atoms with Crippen molar-refractivity contribution in [2.75, 3.05) is 20.1 Å². The number of unbranched alkanes of at least 4 members (excludes halogenated alkanes) is 3. The molecule has 0 fully saturated rings. The SMILES string of the molecule is CC#CCN(C)CCCCCC. The van der Waals surface area contributed by atoms with Crippen LogP contribution in [0, 0.1) is 11.8 Å². The normalized spacial score (nSPS) is 9.67. The molecule has 0 spiro atoms. The van der Waals surface area contributed by atoms with Crippen molar-refractivity contribution in [3.05, 3.63) is 0 Å². The Morgan fingerprint density at radius 2 is 1.92 bits per heavy atom. The maximum Gasteiger partial charge on any atom is 0.0598 e. The van der Waals surface area contributed by atoms with E-state index in [1.54, 1.807) is 0 Å². The fraction of sp³-hybridized carbons (Fsp3) is 0.818. The van der Waals surface area contributed by atoms with Crippen molar-refractivity contribution < 1.29 is 0 Å². The first-order valence-electron chi connectivity index (χ1n) is 4.89. The molecular formula is C11H21N. The van der Waals surface area contributed by atoms with Crippen molar-refractivity contribution in [3.8, 4) is 11.8 Å². The molecule has 0 aromatic rings. The molecule has 0 aromatic heterocycles. The van der Waals surface area contributed by atoms with Crippen molar-refractivity contribution in [3.63, 3.8) is 0 Å². The Kier molecular flexibility index (Phi) is 8.27. The summed E-state index contributed by atoms with van der Waals surface area (Å²) in [6, 6.07) is 0. The Morgan fingerprint density at radius 3 is 2.50 bits per heavy atom. The van der Waals surface area contributed by atoms with Crippen LogP contribution in [0.2, 0.25) is 0 Å². The van der Waals surface area contributed by atoms with Crippen LogP contribution in [0.4, 0.5) is 0 Å². The Morgan fingerprint density at radius 1 is 1.17 bits per heavy atom. The minimum atomic E-state index is 0.919. The van der Waals surface area contributed by atoms with Gasteiger partial charge >= 0.3 is 0 Å². The van der Waals surface area contributed by atoms with E-state index >= 15 is 0 Å². The van der Waals surface area contributed by atoms with Gasteiger partial charge in [0.1, 0.15) is 0 Å². The standard InChI is InChI=1S/C11H21N/c1-4-6-8-9-11-12(3)10-7-5-2/h4,6,8-11H2,1-3H3. The molecule has 0 radical (unpaired) electrons. The smallest absolute Gasteiger partial charge is 0.0598 e. The molecule has 0 heterocycles. The van der Waals surface area contributed by atoms with Crippen LogP contribution < -0.4 is 0 Å². The van der Waals surface area contributed by atoms with E-state index in [9.17, 15) is 0 Å². The largest absolute Gasteiger partial charge is 0.295 e. The molecule has 70 valence electrons. The van der Waals surface area contributed by atoms with Gasteiger partial charge in [0.15, 0.2) is 0 Å². The first kappa shape index (κ1) is 11.5. The van der Waals surface area contributed by atoms with Gasteiger partial charge in [-0.15, -0.1) is 5.92 Å². The van der Waals surface area contributed by atoms with Crippen LogP contribution in [0.1, 0.15) is 39.5 Å². The highest BCUT2D eigenvalue weighted by molar-refractivity contribution is 4.97. The number of rotatable bonds is 6. The molecule has 0 amide bonds. The second-order valence-electron chi connectivity index (χ2n) is 3.23. The third-order valence-electron chi connectivity index (χ3n) is 1.92. The third kappa shape index (κ3) is 7.63. The van der Waals surface area contributed by atoms with Crippen LogP contribution in [-0.2, 0) is 0 Å². The van der Waals surface area contributed by atoms with Gasteiger partial charge in [0.05, 0.1) is 6.54 Å². The second kappa shape index (κ2) is 8.62. The van der Waals surface area contributed by atoms with Crippen LogP contribution in [-0.4, -0.2) is 25.0 Å². The summed E-state index contributed by atoms with van der Waals surface area (Å²) < 4.78 is 0. The van der Waals surface area contributed by atoms with Crippen molar-refractivity contribution in [1.82, 2.24) is 4.90 Å². The topological polar surface area (TPSA) is 3.24 Å². The Labute approximate surface area is 77.1 Å². The van der Waals surface area contributed by atoms with Gasteiger partial charge in [-0.25, -0.2) is 0 Å². The van der Waals surface area contributed by atoms with Gasteiger partial charge in [0, 0.05) is 0 Å². The summed E-state index contributed by atoms with van der Waals surface area (Å²) >= 11 is 0. The monoisotopic (exact) mass is 167 g/mol. The molecule has 0 atom stereocenters. The van der Waals surface area contributed by atoms with E-state index in [1.165, 1.54) is 32.2 Å². The minimum absolute atomic E-state index is 0.919. The van der Waals surface area contributed by atoms with Crippen LogP contribution >= 0.6 is 0 Å². The molecular weight excluding hydrogens is 146 g/mol. The molecule has 0 aliphatic heterocycles. The van der Waals surface area contributed by atoms with Crippen molar-refractivity contribution in [2.45, 2.75) is 39.5 Å². The predicted molar refractivity (Wildman–Crippen MR) is 55.1 cm³/mol. The summed E-state index contributed by atoms with van der Waals surface area (Å²) in [5.41, 5.74) is 0. The fourth-order valence-electron chi connectivity index (χ4n) is 1.10. The van der Waals surface area contributed by atoms with Crippen molar-refractivity contribution in [1.29, 1.82) is 0 Å². The minimum Gasteiger partial charge on any atom is -0.295 e. The van der Waals surface area contributed by atoms with Gasteiger partial charge < -0.3 is 0 Å². The second-order valence-corrected chi connectivity index (χ2v) is 3.23. The van der Waals surface area contributed by atoms with E-state index in [-0.39, 0.29) is 0 Å². The summed E-state index contributed by atoms with van der Waals surface area (Å²) in [6.45, 7) is 6.24. The Hall–Kier alpha value is -0.480. The predicted octanol–water partition coefficient (Wildman–Crippen LogP) is 2.52. The zero-order chi connectivity index (χ0) is 9.23. The van der Waals surface area contributed by atoms with Crippen LogP contribution in [0.5, 0.6) is 0 Å². The van der Waals surface area contributed by atoms with E-state index < -0.39 is 0 Å². The first-order chi connectivity index (χ1) is 5.81. The zero-order valence-corrected chi connectivity index (χ0v) is 8.69. The highest BCUT2D eigenvalue weighted by atomic mass is 15.1. The summed E-state index contributed by atoms with van der Waals surface area (Å²) in [5.74, 6) is 5.97. The van der Waals surface area contributed by atoms with Gasteiger partial charge in [0.25, 0.3) is 0 Å². The molecule has 0 N–H and O–H groups in total. The molecule has 0 aromatic carbocycles. The molecule has 1 heteroatoms. The third-order valence-corrected chi connectivity index (χ3v) is 1.92. The molecule has 0 unspecified atom stereocenters. The lowest BCUT2D eigenvalue weighted by atomic mass is 10.2. The van der Waals surface area contributed by atoms with Crippen LogP contribution in [0.25, 0.3) is 0 Å². The van der Waals surface area contributed by atoms with E-state index in [2.05, 4.69) is 30.7 Å². The van der Waals surface area contributed by atoms with Crippen molar-refractivity contribution in [2.24, 2.45) is 0 Å². The molecule has 0 saturated heterocycles. The molecule has 0 rings (SSSR count). The summed E-state index contributed by atoms with van der Waals surface area (Å²) in [4.78, 5) is 2.28. The lowest BCUT2D eigenvalue weighted by molar-refractivity contribution is 0.362. The fourth-order valence-corrected chi connectivity index (χ4v) is 1.10. The number of hydrogen-bond acceptors (Lipinski definition) is 1. The highest BCUT2D eigenvalue weighted by Crippen LogP contribution is 1.99. The van der Waals surface area contributed by atoms with Gasteiger partial charge in [0.2, 0.25) is 0 Å². The van der Waals surface area contributed by atoms with Gasteiger partial charge in [-0.1, -0.05) is 32.1 Å². The summed E-state index contributed by atoms with van der Waals surface area (Å²) in [7, 11) is 2.14. The first-order valence-corrected chi connectivity index (χ1v) is 4.89. The van der Waals surface area contributed by atoms with E-state index in [4.69, 9.17) is 0 Å². The van der Waals surface area contributed by atoms with Crippen molar-refractivity contribution >= 4 is 0 Å². The molecule has 0 aliphatic rings. The Balaban J connectivity index is 3.17. The average molecular weight is 167 g/mol. The molecule has 0 aliphatic carbocycles. The van der Waals surface area contributed by atoms with Gasteiger partial charge in [-0.3, -0.25) is 4.90 Å². The average Bonchev–Trinajstić information content (AvgIpc) is 2.09. The van der Waals surface area contributed by atoms with Crippen LogP contribution in [0.15, 0.2) is 0 Å². The highest BCUT2D eigenvalue weighted by Gasteiger charge is 1.93. The lowest BCUT2D eigenvalue weighted by Gasteiger charge is -2.12. The zero-order valence-electron chi connectivity index (χ0n) is 8.69. The van der Waals surface area contributed by atoms with E-state index in [1.807, 2.05) is 6.92 Å². The Bertz CT molecular complexity index is 141. The molecule has 1 nitrogen and oxygen atoms in total. The van der Waals surface area contributed by atoms with E-state index in [0.29, 0.717) is 0 Å². The lowest BCUT2D eigenvalue weighted by Crippen LogP contribution is -2.19. The summed E-state index contributed by atoms with van der Waals surface area (Å²) in [6.07, 6.45) is 5.36.